The van der Waals surface area contributed by atoms with Crippen LogP contribution in [-0.4, -0.2) is 47.2 Å². The van der Waals surface area contributed by atoms with Crippen LogP contribution in [0.15, 0.2) is 36.4 Å². The van der Waals surface area contributed by atoms with Crippen molar-refractivity contribution in [3.8, 4) is 0 Å². The average molecular weight is 328 g/mol. The van der Waals surface area contributed by atoms with Gasteiger partial charge < -0.3 is 9.80 Å². The van der Waals surface area contributed by atoms with E-state index in [0.29, 0.717) is 24.7 Å². The van der Waals surface area contributed by atoms with E-state index < -0.39 is 0 Å². The molecule has 5 nitrogen and oxygen atoms in total. The molecule has 24 heavy (non-hydrogen) atoms. The first-order valence-electron chi connectivity index (χ1n) is 8.18. The van der Waals surface area contributed by atoms with Crippen LogP contribution in [0, 0.1) is 5.82 Å². The van der Waals surface area contributed by atoms with E-state index in [2.05, 4.69) is 15.1 Å². The molecule has 0 bridgehead atoms. The highest BCUT2D eigenvalue weighted by Gasteiger charge is 2.23. The highest BCUT2D eigenvalue weighted by atomic mass is 19.1. The van der Waals surface area contributed by atoms with Crippen molar-refractivity contribution in [2.75, 3.05) is 31.1 Å². The van der Waals surface area contributed by atoms with Crippen LogP contribution < -0.4 is 4.90 Å². The molecule has 0 radical (unpaired) electrons. The van der Waals surface area contributed by atoms with Crippen molar-refractivity contribution < 1.29 is 9.18 Å². The van der Waals surface area contributed by atoms with Crippen LogP contribution in [0.4, 0.5) is 10.1 Å². The fourth-order valence-electron chi connectivity index (χ4n) is 2.75. The second-order valence-corrected chi connectivity index (χ2v) is 6.25. The predicted molar refractivity (Wildman–Crippen MR) is 90.6 cm³/mol. The van der Waals surface area contributed by atoms with Gasteiger partial charge in [0, 0.05) is 31.9 Å². The van der Waals surface area contributed by atoms with Gasteiger partial charge >= 0.3 is 0 Å². The summed E-state index contributed by atoms with van der Waals surface area (Å²) in [6, 6.07) is 10.1. The summed E-state index contributed by atoms with van der Waals surface area (Å²) < 4.78 is 13.0. The fraction of sp³-hybridized carbons (Fsp3) is 0.389. The SMILES string of the molecule is CC(C)c1ccc(C(=O)N2CCN(c3ccc(F)cc3)CC2)nn1. The average Bonchev–Trinajstić information content (AvgIpc) is 2.62. The molecule has 0 saturated carbocycles. The third-order valence-corrected chi connectivity index (χ3v) is 4.25. The van der Waals surface area contributed by atoms with E-state index in [9.17, 15) is 9.18 Å². The van der Waals surface area contributed by atoms with Crippen LogP contribution in [0.25, 0.3) is 0 Å². The van der Waals surface area contributed by atoms with Crippen molar-refractivity contribution in [1.29, 1.82) is 0 Å². The maximum Gasteiger partial charge on any atom is 0.274 e. The van der Waals surface area contributed by atoms with Gasteiger partial charge in [0.15, 0.2) is 5.69 Å². The van der Waals surface area contributed by atoms with Gasteiger partial charge in [0.2, 0.25) is 0 Å². The Bertz CT molecular complexity index is 692. The summed E-state index contributed by atoms with van der Waals surface area (Å²) in [5.74, 6) is -0.0338. The first-order chi connectivity index (χ1) is 11.5. The van der Waals surface area contributed by atoms with Crippen LogP contribution >= 0.6 is 0 Å². The number of carbonyl (C=O) groups is 1. The van der Waals surface area contributed by atoms with Crippen LogP contribution in [0.1, 0.15) is 35.9 Å². The number of piperazine rings is 1. The number of anilines is 1. The molecule has 0 unspecified atom stereocenters. The van der Waals surface area contributed by atoms with E-state index >= 15 is 0 Å². The molecular formula is C18H21FN4O. The zero-order chi connectivity index (χ0) is 17.1. The Morgan fingerprint density at radius 2 is 1.67 bits per heavy atom. The Labute approximate surface area is 141 Å². The molecule has 1 aliphatic heterocycles. The first-order valence-corrected chi connectivity index (χ1v) is 8.18. The summed E-state index contributed by atoms with van der Waals surface area (Å²) in [6.45, 7) is 6.75. The number of rotatable bonds is 3. The number of amides is 1. The fourth-order valence-corrected chi connectivity index (χ4v) is 2.75. The monoisotopic (exact) mass is 328 g/mol. The summed E-state index contributed by atoms with van der Waals surface area (Å²) in [6.07, 6.45) is 0. The summed E-state index contributed by atoms with van der Waals surface area (Å²) in [5.41, 5.74) is 2.24. The lowest BCUT2D eigenvalue weighted by Crippen LogP contribution is -2.49. The quantitative estimate of drug-likeness (QED) is 0.869. The largest absolute Gasteiger partial charge is 0.368 e. The Balaban J connectivity index is 1.61. The highest BCUT2D eigenvalue weighted by Crippen LogP contribution is 2.18. The molecule has 0 N–H and O–H groups in total. The van der Waals surface area contributed by atoms with Gasteiger partial charge in [0.25, 0.3) is 5.91 Å². The van der Waals surface area contributed by atoms with Crippen LogP contribution in [0.5, 0.6) is 0 Å². The van der Waals surface area contributed by atoms with Crippen molar-refractivity contribution in [3.05, 3.63) is 53.6 Å². The summed E-state index contributed by atoms with van der Waals surface area (Å²) in [7, 11) is 0. The molecule has 0 aliphatic carbocycles. The van der Waals surface area contributed by atoms with Crippen LogP contribution in [0.3, 0.4) is 0 Å². The van der Waals surface area contributed by atoms with E-state index in [1.54, 1.807) is 23.1 Å². The van der Waals surface area contributed by atoms with Crippen LogP contribution in [0.2, 0.25) is 0 Å². The minimum absolute atomic E-state index is 0.0865. The standard InChI is InChI=1S/C18H21FN4O/c1-13(2)16-7-8-17(21-20-16)18(24)23-11-9-22(10-12-23)15-5-3-14(19)4-6-15/h3-8,13H,9-12H2,1-2H3. The molecule has 3 rings (SSSR count). The van der Waals surface area contributed by atoms with E-state index in [1.165, 1.54) is 12.1 Å². The molecule has 0 spiro atoms. The summed E-state index contributed by atoms with van der Waals surface area (Å²) in [4.78, 5) is 16.5. The molecule has 126 valence electrons. The van der Waals surface area contributed by atoms with Gasteiger partial charge in [-0.05, 0) is 42.3 Å². The Hall–Kier alpha value is -2.50. The van der Waals surface area contributed by atoms with Crippen molar-refractivity contribution >= 4 is 11.6 Å². The Morgan fingerprint density at radius 1 is 1.00 bits per heavy atom. The minimum Gasteiger partial charge on any atom is -0.368 e. The number of hydrogen-bond donors (Lipinski definition) is 0. The van der Waals surface area contributed by atoms with Crippen molar-refractivity contribution in [2.24, 2.45) is 0 Å². The normalized spacial score (nSPS) is 15.0. The lowest BCUT2D eigenvalue weighted by Gasteiger charge is -2.35. The number of hydrogen-bond acceptors (Lipinski definition) is 4. The molecule has 1 aromatic heterocycles. The molecule has 1 saturated heterocycles. The van der Waals surface area contributed by atoms with Gasteiger partial charge in [-0.1, -0.05) is 13.8 Å². The molecule has 1 aromatic carbocycles. The van der Waals surface area contributed by atoms with Crippen molar-refractivity contribution in [1.82, 2.24) is 15.1 Å². The predicted octanol–water partition coefficient (Wildman–Crippen LogP) is 2.70. The van der Waals surface area contributed by atoms with Crippen molar-refractivity contribution in [3.63, 3.8) is 0 Å². The maximum atomic E-state index is 13.0. The van der Waals surface area contributed by atoms with E-state index in [4.69, 9.17) is 0 Å². The second kappa shape index (κ2) is 6.95. The van der Waals surface area contributed by atoms with Gasteiger partial charge in [-0.25, -0.2) is 4.39 Å². The van der Waals surface area contributed by atoms with Gasteiger partial charge in [-0.3, -0.25) is 4.79 Å². The topological polar surface area (TPSA) is 49.3 Å². The van der Waals surface area contributed by atoms with Gasteiger partial charge in [-0.15, -0.1) is 5.10 Å². The zero-order valence-corrected chi connectivity index (χ0v) is 13.9. The Kier molecular flexibility index (Phi) is 4.74. The van der Waals surface area contributed by atoms with Crippen LogP contribution in [-0.2, 0) is 0 Å². The number of benzene rings is 1. The lowest BCUT2D eigenvalue weighted by molar-refractivity contribution is 0.0739. The first kappa shape index (κ1) is 16.4. The molecule has 1 aliphatic rings. The van der Waals surface area contributed by atoms with E-state index in [-0.39, 0.29) is 11.7 Å². The van der Waals surface area contributed by atoms with Gasteiger partial charge in [0.1, 0.15) is 5.82 Å². The van der Waals surface area contributed by atoms with E-state index in [1.807, 2.05) is 19.9 Å². The van der Waals surface area contributed by atoms with Gasteiger partial charge in [0.05, 0.1) is 5.69 Å². The molecule has 0 atom stereocenters. The Morgan fingerprint density at radius 3 is 2.21 bits per heavy atom. The highest BCUT2D eigenvalue weighted by molar-refractivity contribution is 5.92. The third kappa shape index (κ3) is 3.53. The molecule has 1 amide bonds. The number of aromatic nitrogens is 2. The maximum absolute atomic E-state index is 13.0. The molecule has 2 heterocycles. The lowest BCUT2D eigenvalue weighted by atomic mass is 10.1. The molecule has 1 fully saturated rings. The second-order valence-electron chi connectivity index (χ2n) is 6.25. The van der Waals surface area contributed by atoms with Crippen molar-refractivity contribution in [2.45, 2.75) is 19.8 Å². The number of nitrogens with zero attached hydrogens (tertiary/aromatic N) is 4. The zero-order valence-electron chi connectivity index (χ0n) is 13.9. The molecule has 2 aromatic rings. The molecule has 6 heteroatoms. The molecular weight excluding hydrogens is 307 g/mol. The smallest absolute Gasteiger partial charge is 0.274 e. The summed E-state index contributed by atoms with van der Waals surface area (Å²) >= 11 is 0. The minimum atomic E-state index is -0.240. The number of halogens is 1. The van der Waals surface area contributed by atoms with E-state index in [0.717, 1.165) is 24.5 Å². The third-order valence-electron chi connectivity index (χ3n) is 4.25. The summed E-state index contributed by atoms with van der Waals surface area (Å²) in [5, 5.41) is 8.19. The number of carbonyl (C=O) groups excluding carboxylic acids is 1. The van der Waals surface area contributed by atoms with Gasteiger partial charge in [-0.2, -0.15) is 5.10 Å².